The summed E-state index contributed by atoms with van der Waals surface area (Å²) in [5.41, 5.74) is 2.19. The molecule has 0 unspecified atom stereocenters. The van der Waals surface area contributed by atoms with Crippen LogP contribution in [0.5, 0.6) is 0 Å². The van der Waals surface area contributed by atoms with Gasteiger partial charge in [0, 0.05) is 0 Å². The molecule has 0 saturated carbocycles. The summed E-state index contributed by atoms with van der Waals surface area (Å²) in [5.74, 6) is -1.45. The van der Waals surface area contributed by atoms with Gasteiger partial charge in [-0.2, -0.15) is 0 Å². The molecule has 98 valence electrons. The Kier molecular flexibility index (Phi) is 3.97. The molecule has 0 amide bonds. The van der Waals surface area contributed by atoms with Crippen molar-refractivity contribution in [1.82, 2.24) is 0 Å². The Balaban J connectivity index is 2.31. The summed E-state index contributed by atoms with van der Waals surface area (Å²) in [7, 11) is 0. The second-order valence-corrected chi connectivity index (χ2v) is 4.54. The van der Waals surface area contributed by atoms with Crippen molar-refractivity contribution in [1.29, 1.82) is 0 Å². The lowest BCUT2D eigenvalue weighted by atomic mass is 9.95. The first kappa shape index (κ1) is 13.3. The average molecular weight is 256 g/mol. The summed E-state index contributed by atoms with van der Waals surface area (Å²) < 4.78 is 0. The van der Waals surface area contributed by atoms with Gasteiger partial charge in [-0.25, -0.2) is 0 Å². The van der Waals surface area contributed by atoms with E-state index in [0.717, 1.165) is 5.56 Å². The van der Waals surface area contributed by atoms with Crippen LogP contribution in [0.4, 0.5) is 0 Å². The number of hydrogen-bond donors (Lipinski definition) is 2. The minimum atomic E-state index is -0.869. The van der Waals surface area contributed by atoms with Crippen LogP contribution < -0.4 is 0 Å². The maximum atomic E-state index is 11.0. The van der Waals surface area contributed by atoms with Gasteiger partial charge in [0.05, 0.1) is 5.92 Å². The van der Waals surface area contributed by atoms with Crippen molar-refractivity contribution in [2.75, 3.05) is 0 Å². The highest BCUT2D eigenvalue weighted by Gasteiger charge is 2.16. The van der Waals surface area contributed by atoms with Crippen molar-refractivity contribution in [3.8, 4) is 0 Å². The molecule has 0 aliphatic carbocycles. The Morgan fingerprint density at radius 1 is 0.947 bits per heavy atom. The van der Waals surface area contributed by atoms with E-state index in [1.165, 1.54) is 0 Å². The van der Waals surface area contributed by atoms with Crippen LogP contribution in [-0.2, 0) is 4.79 Å². The third kappa shape index (κ3) is 3.01. The first-order valence-electron chi connectivity index (χ1n) is 6.15. The first-order valence-corrected chi connectivity index (χ1v) is 6.15. The van der Waals surface area contributed by atoms with Crippen molar-refractivity contribution in [3.63, 3.8) is 0 Å². The van der Waals surface area contributed by atoms with Crippen molar-refractivity contribution in [2.45, 2.75) is 18.9 Å². The van der Waals surface area contributed by atoms with E-state index in [4.69, 9.17) is 5.11 Å². The molecular formula is C16H16O3. The topological polar surface area (TPSA) is 57.5 Å². The van der Waals surface area contributed by atoms with E-state index in [0.29, 0.717) is 11.1 Å². The molecule has 0 saturated heterocycles. The van der Waals surface area contributed by atoms with Gasteiger partial charge in [0.15, 0.2) is 0 Å². The summed E-state index contributed by atoms with van der Waals surface area (Å²) in [4.78, 5) is 11.0. The highest BCUT2D eigenvalue weighted by molar-refractivity contribution is 5.75. The van der Waals surface area contributed by atoms with Crippen LogP contribution in [0.25, 0.3) is 0 Å². The normalized spacial score (nSPS) is 13.8. The smallest absolute Gasteiger partial charge is 0.310 e. The number of rotatable bonds is 4. The van der Waals surface area contributed by atoms with Gasteiger partial charge in [-0.3, -0.25) is 4.79 Å². The fraction of sp³-hybridized carbons (Fsp3) is 0.188. The molecule has 2 atom stereocenters. The van der Waals surface area contributed by atoms with Gasteiger partial charge in [-0.05, 0) is 23.6 Å². The third-order valence-corrected chi connectivity index (χ3v) is 3.21. The fourth-order valence-corrected chi connectivity index (χ4v) is 1.97. The third-order valence-electron chi connectivity index (χ3n) is 3.21. The van der Waals surface area contributed by atoms with E-state index in [-0.39, 0.29) is 0 Å². The van der Waals surface area contributed by atoms with E-state index in [1.54, 1.807) is 31.2 Å². The molecule has 0 fully saturated rings. The van der Waals surface area contributed by atoms with Gasteiger partial charge in [0.2, 0.25) is 0 Å². The monoisotopic (exact) mass is 256 g/mol. The van der Waals surface area contributed by atoms with Crippen LogP contribution in [0.15, 0.2) is 54.6 Å². The predicted octanol–water partition coefficient (Wildman–Crippen LogP) is 2.96. The molecule has 0 radical (unpaired) electrons. The van der Waals surface area contributed by atoms with Crippen molar-refractivity contribution in [3.05, 3.63) is 71.3 Å². The van der Waals surface area contributed by atoms with Crippen LogP contribution in [0.3, 0.4) is 0 Å². The second kappa shape index (κ2) is 5.67. The molecule has 2 aromatic carbocycles. The first-order chi connectivity index (χ1) is 9.09. The lowest BCUT2D eigenvalue weighted by Crippen LogP contribution is -2.08. The molecule has 0 bridgehead atoms. The Labute approximate surface area is 112 Å². The van der Waals surface area contributed by atoms with Crippen LogP contribution in [-0.4, -0.2) is 16.2 Å². The molecule has 2 rings (SSSR count). The van der Waals surface area contributed by atoms with Crippen LogP contribution >= 0.6 is 0 Å². The SMILES string of the molecule is C[C@H](C(=O)O)c1cccc([C@@H](O)c2ccccc2)c1. The fourth-order valence-electron chi connectivity index (χ4n) is 1.97. The van der Waals surface area contributed by atoms with Gasteiger partial charge in [-0.15, -0.1) is 0 Å². The molecule has 2 aromatic rings. The molecular weight excluding hydrogens is 240 g/mol. The minimum absolute atomic E-state index is 0.581. The average Bonchev–Trinajstić information content (AvgIpc) is 2.46. The second-order valence-electron chi connectivity index (χ2n) is 4.54. The largest absolute Gasteiger partial charge is 0.481 e. The van der Waals surface area contributed by atoms with E-state index >= 15 is 0 Å². The number of benzene rings is 2. The Bertz CT molecular complexity index is 563. The summed E-state index contributed by atoms with van der Waals surface area (Å²) in [5, 5.41) is 19.3. The zero-order valence-electron chi connectivity index (χ0n) is 10.7. The number of aliphatic hydroxyl groups excluding tert-OH is 1. The van der Waals surface area contributed by atoms with E-state index in [9.17, 15) is 9.90 Å². The van der Waals surface area contributed by atoms with Crippen LogP contribution in [0.1, 0.15) is 35.6 Å². The molecule has 3 heteroatoms. The number of carboxylic acids is 1. The van der Waals surface area contributed by atoms with Gasteiger partial charge in [0.1, 0.15) is 6.10 Å². The molecule has 0 spiro atoms. The van der Waals surface area contributed by atoms with Crippen molar-refractivity contribution < 1.29 is 15.0 Å². The maximum Gasteiger partial charge on any atom is 0.310 e. The van der Waals surface area contributed by atoms with E-state index in [1.807, 2.05) is 30.3 Å². The van der Waals surface area contributed by atoms with Gasteiger partial charge in [-0.1, -0.05) is 54.6 Å². The van der Waals surface area contributed by atoms with Crippen LogP contribution in [0.2, 0.25) is 0 Å². The number of aliphatic carboxylic acids is 1. The standard InChI is InChI=1S/C16H16O3/c1-11(16(18)19)13-8-5-9-14(10-13)15(17)12-6-3-2-4-7-12/h2-11,15,17H,1H3,(H,18,19)/t11-,15-/m0/s1. The highest BCUT2D eigenvalue weighted by atomic mass is 16.4. The Morgan fingerprint density at radius 2 is 1.53 bits per heavy atom. The van der Waals surface area contributed by atoms with Gasteiger partial charge in [0.25, 0.3) is 0 Å². The molecule has 0 aliphatic rings. The molecule has 0 aliphatic heterocycles. The van der Waals surface area contributed by atoms with Gasteiger partial charge < -0.3 is 10.2 Å². The van der Waals surface area contributed by atoms with E-state index < -0.39 is 18.0 Å². The van der Waals surface area contributed by atoms with Crippen LogP contribution in [0, 0.1) is 0 Å². The maximum absolute atomic E-state index is 11.0. The molecule has 19 heavy (non-hydrogen) atoms. The van der Waals surface area contributed by atoms with E-state index in [2.05, 4.69) is 0 Å². The van der Waals surface area contributed by atoms with Gasteiger partial charge >= 0.3 is 5.97 Å². The summed E-state index contributed by atoms with van der Waals surface area (Å²) >= 11 is 0. The predicted molar refractivity (Wildman–Crippen MR) is 73.0 cm³/mol. The lowest BCUT2D eigenvalue weighted by molar-refractivity contribution is -0.138. The Morgan fingerprint density at radius 3 is 2.16 bits per heavy atom. The summed E-state index contributed by atoms with van der Waals surface area (Å²) in [6.45, 7) is 1.64. The molecule has 0 aromatic heterocycles. The molecule has 0 heterocycles. The number of aliphatic hydroxyl groups is 1. The number of carboxylic acid groups (broad SMARTS) is 1. The minimum Gasteiger partial charge on any atom is -0.481 e. The zero-order valence-corrected chi connectivity index (χ0v) is 10.7. The zero-order chi connectivity index (χ0) is 13.8. The lowest BCUT2D eigenvalue weighted by Gasteiger charge is -2.14. The highest BCUT2D eigenvalue weighted by Crippen LogP contribution is 2.25. The number of carbonyl (C=O) groups is 1. The molecule has 3 nitrogen and oxygen atoms in total. The molecule has 2 N–H and O–H groups in total. The van der Waals surface area contributed by atoms with Crippen molar-refractivity contribution in [2.24, 2.45) is 0 Å². The number of hydrogen-bond acceptors (Lipinski definition) is 2. The quantitative estimate of drug-likeness (QED) is 0.884. The Hall–Kier alpha value is -2.13. The summed E-state index contributed by atoms with van der Waals surface area (Å²) in [6, 6.07) is 16.4. The summed E-state index contributed by atoms with van der Waals surface area (Å²) in [6.07, 6.45) is -0.734. The van der Waals surface area contributed by atoms with Crippen molar-refractivity contribution >= 4 is 5.97 Å².